The molecule has 1 amide bonds. The van der Waals surface area contributed by atoms with Crippen molar-refractivity contribution in [2.75, 3.05) is 6.61 Å². The largest absolute Gasteiger partial charge is 0.490 e. The van der Waals surface area contributed by atoms with Gasteiger partial charge in [-0.3, -0.25) is 4.79 Å². The number of nitriles is 1. The zero-order chi connectivity index (χ0) is 24.5. The van der Waals surface area contributed by atoms with Crippen LogP contribution in [0.25, 0.3) is 6.08 Å². The lowest BCUT2D eigenvalue weighted by molar-refractivity contribution is -0.117. The highest BCUT2D eigenvalue weighted by molar-refractivity contribution is 6.35. The van der Waals surface area contributed by atoms with Gasteiger partial charge in [0.25, 0.3) is 5.91 Å². The summed E-state index contributed by atoms with van der Waals surface area (Å²) in [5.74, 6) is 0.567. The Morgan fingerprint density at radius 1 is 1.06 bits per heavy atom. The third-order valence-electron chi connectivity index (χ3n) is 4.99. The number of carbonyl (C=O) groups is 1. The molecule has 34 heavy (non-hydrogen) atoms. The lowest BCUT2D eigenvalue weighted by atomic mass is 10.1. The van der Waals surface area contributed by atoms with Crippen LogP contribution in [0.4, 0.5) is 0 Å². The van der Waals surface area contributed by atoms with E-state index in [1.807, 2.05) is 50.2 Å². The average Bonchev–Trinajstić information content (AvgIpc) is 2.83. The van der Waals surface area contributed by atoms with Crippen molar-refractivity contribution >= 4 is 35.2 Å². The SMILES string of the molecule is CCOc1cc(/C=C(/C#N)C(=O)N[C@H](C)c2ccccc2)ccc1OCc1ccc(Cl)cc1Cl. The van der Waals surface area contributed by atoms with E-state index < -0.39 is 5.91 Å². The molecule has 0 aliphatic heterocycles. The zero-order valence-corrected chi connectivity index (χ0v) is 20.4. The van der Waals surface area contributed by atoms with Gasteiger partial charge in [-0.2, -0.15) is 5.26 Å². The Labute approximate surface area is 209 Å². The molecule has 0 aliphatic rings. The van der Waals surface area contributed by atoms with Crippen molar-refractivity contribution in [2.45, 2.75) is 26.5 Å². The van der Waals surface area contributed by atoms with Crippen LogP contribution in [-0.4, -0.2) is 12.5 Å². The first-order chi connectivity index (χ1) is 16.4. The fraction of sp³-hybridized carbons (Fsp3) is 0.185. The van der Waals surface area contributed by atoms with Gasteiger partial charge in [-0.15, -0.1) is 0 Å². The lowest BCUT2D eigenvalue weighted by Gasteiger charge is -2.14. The topological polar surface area (TPSA) is 71.3 Å². The number of amides is 1. The van der Waals surface area contributed by atoms with E-state index in [1.165, 1.54) is 6.08 Å². The number of hydrogen-bond acceptors (Lipinski definition) is 4. The second kappa shape index (κ2) is 12.1. The van der Waals surface area contributed by atoms with Crippen LogP contribution in [0, 0.1) is 11.3 Å². The summed E-state index contributed by atoms with van der Waals surface area (Å²) in [5.41, 5.74) is 2.37. The van der Waals surface area contributed by atoms with Gasteiger partial charge in [0.1, 0.15) is 18.2 Å². The Kier molecular flexibility index (Phi) is 8.98. The highest BCUT2D eigenvalue weighted by Crippen LogP contribution is 2.31. The normalized spacial score (nSPS) is 11.9. The molecule has 0 spiro atoms. The molecule has 174 valence electrons. The minimum Gasteiger partial charge on any atom is -0.490 e. The predicted molar refractivity (Wildman–Crippen MR) is 135 cm³/mol. The number of halogens is 2. The number of nitrogens with zero attached hydrogens (tertiary/aromatic N) is 1. The summed E-state index contributed by atoms with van der Waals surface area (Å²) in [6, 6.07) is 21.7. The maximum Gasteiger partial charge on any atom is 0.262 e. The van der Waals surface area contributed by atoms with Gasteiger partial charge >= 0.3 is 0 Å². The molecule has 0 bridgehead atoms. The minimum absolute atomic E-state index is 0.00755. The number of rotatable bonds is 9. The minimum atomic E-state index is -0.450. The van der Waals surface area contributed by atoms with E-state index in [0.717, 1.165) is 11.1 Å². The summed E-state index contributed by atoms with van der Waals surface area (Å²) in [6.45, 7) is 4.38. The molecule has 3 aromatic rings. The molecule has 0 aromatic heterocycles. The highest BCUT2D eigenvalue weighted by atomic mass is 35.5. The molecule has 0 saturated heterocycles. The van der Waals surface area contributed by atoms with E-state index in [4.69, 9.17) is 32.7 Å². The maximum atomic E-state index is 12.7. The van der Waals surface area contributed by atoms with Crippen LogP contribution in [-0.2, 0) is 11.4 Å². The molecule has 0 unspecified atom stereocenters. The standard InChI is InChI=1S/C27H24Cl2N2O3/c1-3-33-26-14-19(9-12-25(26)34-17-21-10-11-23(28)15-24(21)29)13-22(16-30)27(32)31-18(2)20-7-5-4-6-8-20/h4-15,18H,3,17H2,1-2H3,(H,31,32)/b22-13-/t18-/m1/s1. The van der Waals surface area contributed by atoms with Crippen molar-refractivity contribution in [3.8, 4) is 17.6 Å². The van der Waals surface area contributed by atoms with Crippen molar-refractivity contribution in [3.05, 3.63) is 99.0 Å². The average molecular weight is 495 g/mol. The Balaban J connectivity index is 1.76. The number of nitrogens with one attached hydrogen (secondary N) is 1. The molecule has 0 radical (unpaired) electrons. The van der Waals surface area contributed by atoms with Gasteiger partial charge in [-0.1, -0.05) is 65.7 Å². The molecule has 0 fully saturated rings. The molecule has 1 N–H and O–H groups in total. The van der Waals surface area contributed by atoms with Crippen LogP contribution < -0.4 is 14.8 Å². The molecule has 0 aliphatic carbocycles. The molecule has 5 nitrogen and oxygen atoms in total. The summed E-state index contributed by atoms with van der Waals surface area (Å²) in [4.78, 5) is 12.7. The quantitative estimate of drug-likeness (QED) is 0.263. The number of carbonyl (C=O) groups excluding carboxylic acids is 1. The number of benzene rings is 3. The zero-order valence-electron chi connectivity index (χ0n) is 18.8. The summed E-state index contributed by atoms with van der Waals surface area (Å²) < 4.78 is 11.6. The van der Waals surface area contributed by atoms with Gasteiger partial charge in [-0.05, 0) is 55.3 Å². The molecular formula is C27H24Cl2N2O3. The summed E-state index contributed by atoms with van der Waals surface area (Å²) in [6.07, 6.45) is 1.52. The van der Waals surface area contributed by atoms with Crippen LogP contribution in [0.2, 0.25) is 10.0 Å². The van der Waals surface area contributed by atoms with Crippen molar-refractivity contribution in [1.29, 1.82) is 5.26 Å². The molecule has 3 rings (SSSR count). The first-order valence-corrected chi connectivity index (χ1v) is 11.5. The summed E-state index contributed by atoms with van der Waals surface area (Å²) in [5, 5.41) is 13.5. The van der Waals surface area contributed by atoms with Crippen LogP contribution >= 0.6 is 23.2 Å². The van der Waals surface area contributed by atoms with Crippen LogP contribution in [0.1, 0.15) is 36.6 Å². The van der Waals surface area contributed by atoms with Crippen molar-refractivity contribution < 1.29 is 14.3 Å². The summed E-state index contributed by atoms with van der Waals surface area (Å²) in [7, 11) is 0. The van der Waals surface area contributed by atoms with Crippen molar-refractivity contribution in [1.82, 2.24) is 5.32 Å². The molecule has 1 atom stereocenters. The van der Waals surface area contributed by atoms with E-state index in [2.05, 4.69) is 5.32 Å². The molecule has 7 heteroatoms. The van der Waals surface area contributed by atoms with Crippen molar-refractivity contribution in [3.63, 3.8) is 0 Å². The van der Waals surface area contributed by atoms with E-state index in [1.54, 1.807) is 36.4 Å². The Morgan fingerprint density at radius 3 is 2.50 bits per heavy atom. The fourth-order valence-corrected chi connectivity index (χ4v) is 3.67. The smallest absolute Gasteiger partial charge is 0.262 e. The van der Waals surface area contributed by atoms with Gasteiger partial charge in [0.05, 0.1) is 12.6 Å². The van der Waals surface area contributed by atoms with E-state index in [9.17, 15) is 10.1 Å². The second-order valence-electron chi connectivity index (χ2n) is 7.44. The van der Waals surface area contributed by atoms with Crippen molar-refractivity contribution in [2.24, 2.45) is 0 Å². The summed E-state index contributed by atoms with van der Waals surface area (Å²) >= 11 is 12.2. The Morgan fingerprint density at radius 2 is 1.82 bits per heavy atom. The molecule has 0 heterocycles. The Bertz CT molecular complexity index is 1220. The first-order valence-electron chi connectivity index (χ1n) is 10.7. The third-order valence-corrected chi connectivity index (χ3v) is 5.58. The van der Waals surface area contributed by atoms with Gasteiger partial charge in [-0.25, -0.2) is 0 Å². The number of ether oxygens (including phenoxy) is 2. The number of hydrogen-bond donors (Lipinski definition) is 1. The van der Waals surface area contributed by atoms with E-state index in [0.29, 0.717) is 33.7 Å². The van der Waals surface area contributed by atoms with Gasteiger partial charge in [0, 0.05) is 15.6 Å². The van der Waals surface area contributed by atoms with Gasteiger partial charge in [0.15, 0.2) is 11.5 Å². The first kappa shape index (κ1) is 25.2. The van der Waals surface area contributed by atoms with E-state index in [-0.39, 0.29) is 18.2 Å². The molecule has 3 aromatic carbocycles. The fourth-order valence-electron chi connectivity index (χ4n) is 3.21. The van der Waals surface area contributed by atoms with Crippen LogP contribution in [0.3, 0.4) is 0 Å². The molecular weight excluding hydrogens is 471 g/mol. The van der Waals surface area contributed by atoms with Gasteiger partial charge < -0.3 is 14.8 Å². The van der Waals surface area contributed by atoms with Gasteiger partial charge in [0.2, 0.25) is 0 Å². The van der Waals surface area contributed by atoms with Crippen LogP contribution in [0.5, 0.6) is 11.5 Å². The highest BCUT2D eigenvalue weighted by Gasteiger charge is 2.15. The molecule has 0 saturated carbocycles. The third kappa shape index (κ3) is 6.77. The lowest BCUT2D eigenvalue weighted by Crippen LogP contribution is -2.27. The second-order valence-corrected chi connectivity index (χ2v) is 8.28. The van der Waals surface area contributed by atoms with Crippen LogP contribution in [0.15, 0.2) is 72.3 Å². The maximum absolute atomic E-state index is 12.7. The predicted octanol–water partition coefficient (Wildman–Crippen LogP) is 6.76. The van der Waals surface area contributed by atoms with E-state index >= 15 is 0 Å². The Hall–Kier alpha value is -3.46. The monoisotopic (exact) mass is 494 g/mol.